The fourth-order valence-electron chi connectivity index (χ4n) is 12.1. The normalized spacial score (nSPS) is 24.1. The van der Waals surface area contributed by atoms with Crippen molar-refractivity contribution in [2.45, 2.75) is 183 Å². The SMILES string of the molecule is CC[C@H](C)[C@@H]1NC(=O)[C@H](CS)NC(=O)[C@H](Cc2c[nH]c3ccccc23)NC(=O)[C@H](CO)NC(=O)[C@H](CCC(N)=O)NC(=O)[C@H](Cc2ccc(O)cc2)NC(=O)[C@H](CC(C)C)NC(=O)[C@H](CS)NC(=O)[C@H](CCCCN)NC(=O)[C@H](Cc2ccc(O)cc2)NC(=O)[C@H](CO)NC(=O)[C@H](CO)NC(=O)[C@H](CCCNC(=N)N)NC(=O)CNC1=O. The van der Waals surface area contributed by atoms with Crippen molar-refractivity contribution in [3.8, 4) is 11.5 Å². The summed E-state index contributed by atoms with van der Waals surface area (Å²) in [6.07, 6.45) is -0.454. The third-order valence-electron chi connectivity index (χ3n) is 18.9. The number of aromatic amines is 1. The molecule has 40 nitrogen and oxygen atoms in total. The van der Waals surface area contributed by atoms with E-state index in [-0.39, 0.29) is 88.3 Å². The van der Waals surface area contributed by atoms with E-state index in [4.69, 9.17) is 22.6 Å². The van der Waals surface area contributed by atoms with Crippen LogP contribution in [-0.2, 0) is 91.2 Å². The molecule has 3 aromatic carbocycles. The minimum atomic E-state index is -1.95. The lowest BCUT2D eigenvalue weighted by Gasteiger charge is -2.29. The predicted octanol–water partition coefficient (Wildman–Crippen LogP) is -6.37. The molecule has 0 aliphatic carbocycles. The van der Waals surface area contributed by atoms with Crippen molar-refractivity contribution < 1.29 is 97.5 Å². The van der Waals surface area contributed by atoms with Crippen LogP contribution in [0.2, 0.25) is 0 Å². The number of benzene rings is 3. The Hall–Kier alpha value is -11.3. The maximum atomic E-state index is 14.8. The highest BCUT2D eigenvalue weighted by atomic mass is 32.1. The number of phenols is 2. The van der Waals surface area contributed by atoms with E-state index in [0.717, 1.165) is 0 Å². The second-order valence-corrected chi connectivity index (χ2v) is 29.2. The summed E-state index contributed by atoms with van der Waals surface area (Å²) < 4.78 is 0. The van der Waals surface area contributed by atoms with Gasteiger partial charge in [0.05, 0.1) is 26.4 Å². The van der Waals surface area contributed by atoms with Gasteiger partial charge in [-0.1, -0.05) is 76.6 Å². The van der Waals surface area contributed by atoms with Gasteiger partial charge in [0.1, 0.15) is 90.0 Å². The van der Waals surface area contributed by atoms with Crippen molar-refractivity contribution in [3.63, 3.8) is 0 Å². The van der Waals surface area contributed by atoms with E-state index in [1.807, 2.05) is 0 Å². The molecule has 1 saturated heterocycles. The van der Waals surface area contributed by atoms with Crippen LogP contribution in [0.25, 0.3) is 10.9 Å². The number of aromatic hydroxyl groups is 2. The number of para-hydroxylation sites is 1. The number of primary amides is 1. The van der Waals surface area contributed by atoms with Gasteiger partial charge in [-0.25, -0.2) is 0 Å². The summed E-state index contributed by atoms with van der Waals surface area (Å²) in [7, 11) is 0. The third-order valence-corrected chi connectivity index (χ3v) is 19.6. The van der Waals surface area contributed by atoms with Crippen LogP contribution in [0.4, 0.5) is 0 Å². The number of fused-ring (bicyclic) bond motifs is 1. The zero-order valence-corrected chi connectivity index (χ0v) is 67.1. The van der Waals surface area contributed by atoms with Crippen LogP contribution >= 0.6 is 25.3 Å². The molecular weight excluding hydrogens is 1570 g/mol. The number of nitrogens with two attached hydrogens (primary N) is 3. The topological polar surface area (TPSA) is 655 Å². The van der Waals surface area contributed by atoms with Crippen molar-refractivity contribution in [1.82, 2.24) is 84.7 Å². The van der Waals surface area contributed by atoms with Crippen LogP contribution in [0, 0.1) is 17.2 Å². The molecule has 14 atom stereocenters. The third kappa shape index (κ3) is 31.7. The number of H-pyrrole nitrogens is 1. The Morgan fingerprint density at radius 1 is 0.479 bits per heavy atom. The quantitative estimate of drug-likeness (QED) is 0.0120. The van der Waals surface area contributed by atoms with Crippen molar-refractivity contribution in [2.75, 3.05) is 51.0 Å². The maximum absolute atomic E-state index is 14.8. The standard InChI is InChI=1S/C75H110N20O20S2/c1-5-39(4)61-74(115)82-32-60(102)83-47(14-10-26-80-75(78)79)62(103)90-56(35-98)71(112)92-55(34-97)69(110)88-52(29-41-17-21-44(100)22-18-41)66(107)84-48(13-8-9-25-76)63(104)93-57(36-116)72(113)86-50(27-38(2)3)65(106)87-51(28-40-15-19-43(99)20-16-40)67(108)85-49(23-24-59(77)101)64(105)91-54(33-96)70(111)89-53(68(109)94-58(37-117)73(114)95-61)30-42-31-81-46-12-7-6-11-45(42)46/h6-7,11-12,15-22,31,38-39,47-58,61,81,96-100,116-117H,5,8-10,13-14,23-30,32-37,76H2,1-4H3,(H2,77,101)(H,82,115)(H,83,102)(H,84,107)(H,85,108)(H,86,113)(H,87,106)(H,88,110)(H,89,111)(H,90,103)(H,91,105)(H,92,112)(H,93,104)(H,94,109)(H,95,114)(H4,78,79,80)/t39-,47-,48-,49-,50-,51-,52-,53-,54-,55-,56-,57-,58-,61-/m0/s1. The number of amides is 15. The molecule has 1 aliphatic heterocycles. The predicted molar refractivity (Wildman–Crippen MR) is 432 cm³/mol. The molecule has 0 unspecified atom stereocenters. The monoisotopic (exact) mass is 1670 g/mol. The number of aromatic nitrogens is 1. The van der Waals surface area contributed by atoms with Gasteiger partial charge < -0.3 is 127 Å². The molecule has 42 heteroatoms. The van der Waals surface area contributed by atoms with Crippen molar-refractivity contribution in [2.24, 2.45) is 29.0 Å². The number of aliphatic hydroxyl groups is 3. The van der Waals surface area contributed by atoms with Crippen molar-refractivity contribution in [1.29, 1.82) is 5.41 Å². The first-order valence-electron chi connectivity index (χ1n) is 38.1. The van der Waals surface area contributed by atoms with E-state index >= 15 is 0 Å². The van der Waals surface area contributed by atoms with Gasteiger partial charge in [0.25, 0.3) is 0 Å². The summed E-state index contributed by atoms with van der Waals surface area (Å²) in [5.41, 5.74) is 18.5. The Kier molecular flexibility index (Phi) is 40.2. The Morgan fingerprint density at radius 2 is 0.863 bits per heavy atom. The van der Waals surface area contributed by atoms with Crippen LogP contribution in [0.1, 0.15) is 102 Å². The Balaban J connectivity index is 1.61. The number of aliphatic hydroxyl groups excluding tert-OH is 3. The molecule has 2 heterocycles. The van der Waals surface area contributed by atoms with E-state index < -0.39 is 230 Å². The molecule has 0 spiro atoms. The van der Waals surface area contributed by atoms with Gasteiger partial charge in [0, 0.05) is 60.8 Å². The fourth-order valence-corrected chi connectivity index (χ4v) is 12.7. The van der Waals surface area contributed by atoms with Gasteiger partial charge in [-0.2, -0.15) is 25.3 Å². The highest BCUT2D eigenvalue weighted by molar-refractivity contribution is 7.80. The average molecular weight is 1680 g/mol. The van der Waals surface area contributed by atoms with Gasteiger partial charge in [-0.05, 0) is 110 Å². The van der Waals surface area contributed by atoms with E-state index in [9.17, 15) is 97.5 Å². The summed E-state index contributed by atoms with van der Waals surface area (Å²) in [6.45, 7) is 2.39. The number of carbonyl (C=O) groups excluding carboxylic acids is 15. The molecule has 15 amide bonds. The van der Waals surface area contributed by atoms with Gasteiger partial charge in [0.15, 0.2) is 5.96 Å². The number of guanidine groups is 1. The van der Waals surface area contributed by atoms with Crippen LogP contribution in [0.15, 0.2) is 79.0 Å². The number of hydrogen-bond acceptors (Lipinski definition) is 24. The van der Waals surface area contributed by atoms with Crippen molar-refractivity contribution >= 4 is 131 Å². The summed E-state index contributed by atoms with van der Waals surface area (Å²) in [5.74, 6) is -18.9. The van der Waals surface area contributed by atoms with E-state index in [0.29, 0.717) is 34.0 Å². The zero-order valence-electron chi connectivity index (χ0n) is 65.3. The van der Waals surface area contributed by atoms with Crippen LogP contribution in [0.5, 0.6) is 11.5 Å². The molecule has 0 bridgehead atoms. The fraction of sp³-hybridized carbons (Fsp3) is 0.520. The number of rotatable bonds is 26. The molecule has 642 valence electrons. The number of nitrogens with one attached hydrogen (secondary N) is 17. The minimum Gasteiger partial charge on any atom is -0.508 e. The molecule has 1 aromatic heterocycles. The molecule has 5 rings (SSSR count). The van der Waals surface area contributed by atoms with Crippen LogP contribution in [-0.4, -0.2) is 255 Å². The summed E-state index contributed by atoms with van der Waals surface area (Å²) in [5, 5.41) is 97.6. The first kappa shape index (κ1) is 96.2. The maximum Gasteiger partial charge on any atom is 0.245 e. The Labute approximate surface area is 685 Å². The van der Waals surface area contributed by atoms with Gasteiger partial charge in [-0.3, -0.25) is 77.3 Å². The second kappa shape index (κ2) is 48.9. The van der Waals surface area contributed by atoms with Crippen LogP contribution in [0.3, 0.4) is 0 Å². The second-order valence-electron chi connectivity index (χ2n) is 28.5. The van der Waals surface area contributed by atoms with Crippen molar-refractivity contribution in [3.05, 3.63) is 95.7 Å². The highest BCUT2D eigenvalue weighted by Crippen LogP contribution is 2.21. The average Bonchev–Trinajstić information content (AvgIpc) is 1.73. The first-order chi connectivity index (χ1) is 55.6. The number of thiol groups is 2. The molecule has 0 saturated carbocycles. The number of carbonyl (C=O) groups is 15. The summed E-state index contributed by atoms with van der Waals surface area (Å²) in [6, 6.07) is -4.30. The molecule has 117 heavy (non-hydrogen) atoms. The largest absolute Gasteiger partial charge is 0.508 e. The molecule has 1 fully saturated rings. The molecule has 28 N–H and O–H groups in total. The number of hydrogen-bond donors (Lipinski definition) is 27. The Bertz CT molecular complexity index is 4080. The Morgan fingerprint density at radius 3 is 1.31 bits per heavy atom. The van der Waals surface area contributed by atoms with E-state index in [2.05, 4.69) is 110 Å². The lowest BCUT2D eigenvalue weighted by Crippen LogP contribution is -2.62. The van der Waals surface area contributed by atoms with Gasteiger partial charge in [-0.15, -0.1) is 0 Å². The molecule has 0 radical (unpaired) electrons. The molecule has 4 aromatic rings. The minimum absolute atomic E-state index is 0.0103. The lowest BCUT2D eigenvalue weighted by atomic mass is 9.98. The lowest BCUT2D eigenvalue weighted by molar-refractivity contribution is -0.137. The van der Waals surface area contributed by atoms with Gasteiger partial charge in [0.2, 0.25) is 88.6 Å². The van der Waals surface area contributed by atoms with Crippen LogP contribution < -0.4 is 97.0 Å². The molecular formula is C75H110N20O20S2. The smallest absolute Gasteiger partial charge is 0.245 e. The first-order valence-corrected chi connectivity index (χ1v) is 39.4. The van der Waals surface area contributed by atoms with Gasteiger partial charge >= 0.3 is 0 Å². The number of phenolic OH excluding ortho intramolecular Hbond substituents is 2. The number of unbranched alkanes of at least 4 members (excludes halogenated alkanes) is 1. The summed E-state index contributed by atoms with van der Waals surface area (Å²) in [4.78, 5) is 217. The zero-order chi connectivity index (χ0) is 86.6. The highest BCUT2D eigenvalue weighted by Gasteiger charge is 2.39. The molecule has 1 aliphatic rings. The van der Waals surface area contributed by atoms with E-state index in [1.165, 1.54) is 48.5 Å². The van der Waals surface area contributed by atoms with E-state index in [1.54, 1.807) is 58.2 Å². The summed E-state index contributed by atoms with van der Waals surface area (Å²) >= 11 is 8.68.